The minimum Gasteiger partial charge on any atom is -0.385 e. The first-order chi connectivity index (χ1) is 5.45. The van der Waals surface area contributed by atoms with Crippen LogP contribution < -0.4 is 0 Å². The molecule has 0 aromatic rings. The summed E-state index contributed by atoms with van der Waals surface area (Å²) in [7, 11) is 0. The molecule has 0 radical (unpaired) electrons. The van der Waals surface area contributed by atoms with Crippen LogP contribution in [-0.2, 0) is 0 Å². The van der Waals surface area contributed by atoms with E-state index in [0.717, 1.165) is 0 Å². The Bertz CT molecular complexity index is 182. The summed E-state index contributed by atoms with van der Waals surface area (Å²) in [5.41, 5.74) is 1.31. The third-order valence-electron chi connectivity index (χ3n) is 1.49. The Balaban J connectivity index is 4.06. The molecular weight excluding hydrogens is 152 g/mol. The zero-order valence-electron chi connectivity index (χ0n) is 7.62. The van der Waals surface area contributed by atoms with Gasteiger partial charge in [-0.25, -0.2) is 0 Å². The highest BCUT2D eigenvalue weighted by Crippen LogP contribution is 2.03. The molecule has 0 amide bonds. The van der Waals surface area contributed by atoms with Crippen molar-refractivity contribution in [1.29, 1.82) is 0 Å². The van der Waals surface area contributed by atoms with Crippen LogP contribution in [0.3, 0.4) is 0 Å². The van der Waals surface area contributed by atoms with Crippen LogP contribution in [0.5, 0.6) is 0 Å². The average molecular weight is 168 g/mol. The fourth-order valence-electron chi connectivity index (χ4n) is 0.539. The molecule has 0 rings (SSSR count). The van der Waals surface area contributed by atoms with Crippen molar-refractivity contribution in [2.45, 2.75) is 26.1 Å². The van der Waals surface area contributed by atoms with Crippen molar-refractivity contribution in [1.82, 2.24) is 0 Å². The van der Waals surface area contributed by atoms with Crippen molar-refractivity contribution in [2.24, 2.45) is 0 Å². The molecule has 0 heterocycles. The fourth-order valence-corrected chi connectivity index (χ4v) is 0.539. The molecule has 0 aliphatic carbocycles. The highest BCUT2D eigenvalue weighted by Gasteiger charge is 2.01. The summed E-state index contributed by atoms with van der Waals surface area (Å²) in [6.07, 6.45) is 1.64. The minimum atomic E-state index is -0.681. The molecule has 0 aromatic carbocycles. The van der Waals surface area contributed by atoms with Gasteiger partial charge in [-0.15, -0.1) is 0 Å². The van der Waals surface area contributed by atoms with Gasteiger partial charge in [-0.1, -0.05) is 25.3 Å². The molecule has 0 aromatic heterocycles. The van der Waals surface area contributed by atoms with E-state index in [1.54, 1.807) is 13.8 Å². The van der Waals surface area contributed by atoms with E-state index in [1.165, 1.54) is 12.2 Å². The summed E-state index contributed by atoms with van der Waals surface area (Å²) in [5.74, 6) is 0. The lowest BCUT2D eigenvalue weighted by molar-refractivity contribution is 0.244. The SMILES string of the molecule is C=C(C)C(O)/C=C/C(O)C(=C)C. The normalized spacial score (nSPS) is 16.0. The third kappa shape index (κ3) is 4.11. The minimum absolute atomic E-state index is 0.653. The van der Waals surface area contributed by atoms with E-state index in [-0.39, 0.29) is 0 Å². The van der Waals surface area contributed by atoms with Gasteiger partial charge in [-0.3, -0.25) is 0 Å². The monoisotopic (exact) mass is 168 g/mol. The average Bonchev–Trinajstić information content (AvgIpc) is 1.98. The molecular formula is C10H16O2. The van der Waals surface area contributed by atoms with E-state index in [0.29, 0.717) is 11.1 Å². The standard InChI is InChI=1S/C10H16O2/c1-7(2)9(11)5-6-10(12)8(3)4/h5-6,9-12H,1,3H2,2,4H3/b6-5+. The largest absolute Gasteiger partial charge is 0.385 e. The molecule has 12 heavy (non-hydrogen) atoms. The maximum Gasteiger partial charge on any atom is 0.0927 e. The summed E-state index contributed by atoms with van der Waals surface area (Å²) >= 11 is 0. The van der Waals surface area contributed by atoms with Gasteiger partial charge < -0.3 is 10.2 Å². The van der Waals surface area contributed by atoms with Gasteiger partial charge in [0.1, 0.15) is 0 Å². The Morgan fingerprint density at radius 1 is 1.00 bits per heavy atom. The first kappa shape index (κ1) is 11.1. The predicted octanol–water partition coefficient (Wildman–Crippen LogP) is 1.42. The molecule has 2 N–H and O–H groups in total. The van der Waals surface area contributed by atoms with E-state index in [9.17, 15) is 10.2 Å². The lowest BCUT2D eigenvalue weighted by Crippen LogP contribution is -2.07. The molecule has 0 bridgehead atoms. The quantitative estimate of drug-likeness (QED) is 0.623. The first-order valence-corrected chi connectivity index (χ1v) is 3.80. The van der Waals surface area contributed by atoms with Crippen molar-refractivity contribution < 1.29 is 10.2 Å². The highest BCUT2D eigenvalue weighted by atomic mass is 16.3. The molecule has 2 unspecified atom stereocenters. The van der Waals surface area contributed by atoms with E-state index in [1.807, 2.05) is 0 Å². The van der Waals surface area contributed by atoms with Crippen LogP contribution in [-0.4, -0.2) is 22.4 Å². The Morgan fingerprint density at radius 3 is 1.42 bits per heavy atom. The summed E-state index contributed by atoms with van der Waals surface area (Å²) in [6, 6.07) is 0. The van der Waals surface area contributed by atoms with Gasteiger partial charge in [0.2, 0.25) is 0 Å². The molecule has 0 saturated carbocycles. The lowest BCUT2D eigenvalue weighted by atomic mass is 10.1. The molecule has 0 aliphatic heterocycles. The number of hydrogen-bond donors (Lipinski definition) is 2. The fraction of sp³-hybridized carbons (Fsp3) is 0.400. The van der Waals surface area contributed by atoms with Crippen LogP contribution in [0.2, 0.25) is 0 Å². The van der Waals surface area contributed by atoms with Crippen molar-refractivity contribution in [2.75, 3.05) is 0 Å². The topological polar surface area (TPSA) is 40.5 Å². The lowest BCUT2D eigenvalue weighted by Gasteiger charge is -2.06. The van der Waals surface area contributed by atoms with Gasteiger partial charge in [0.15, 0.2) is 0 Å². The van der Waals surface area contributed by atoms with E-state index < -0.39 is 12.2 Å². The molecule has 0 fully saturated rings. The zero-order chi connectivity index (χ0) is 9.72. The van der Waals surface area contributed by atoms with E-state index in [4.69, 9.17) is 0 Å². The number of aliphatic hydroxyl groups excluding tert-OH is 2. The molecule has 0 saturated heterocycles. The van der Waals surface area contributed by atoms with Crippen LogP contribution >= 0.6 is 0 Å². The second kappa shape index (κ2) is 4.91. The Morgan fingerprint density at radius 2 is 1.25 bits per heavy atom. The van der Waals surface area contributed by atoms with Crippen LogP contribution in [0.15, 0.2) is 36.5 Å². The molecule has 2 nitrogen and oxygen atoms in total. The second-order valence-corrected chi connectivity index (χ2v) is 2.97. The maximum atomic E-state index is 9.23. The van der Waals surface area contributed by atoms with E-state index in [2.05, 4.69) is 13.2 Å². The molecule has 2 heteroatoms. The molecule has 0 spiro atoms. The Kier molecular flexibility index (Phi) is 4.55. The molecule has 68 valence electrons. The van der Waals surface area contributed by atoms with Crippen LogP contribution in [0.1, 0.15) is 13.8 Å². The highest BCUT2D eigenvalue weighted by molar-refractivity contribution is 5.14. The van der Waals surface area contributed by atoms with Gasteiger partial charge in [0, 0.05) is 0 Å². The van der Waals surface area contributed by atoms with Gasteiger partial charge >= 0.3 is 0 Å². The van der Waals surface area contributed by atoms with E-state index >= 15 is 0 Å². The van der Waals surface area contributed by atoms with Gasteiger partial charge in [-0.05, 0) is 25.0 Å². The van der Waals surface area contributed by atoms with Crippen LogP contribution in [0.25, 0.3) is 0 Å². The third-order valence-corrected chi connectivity index (χ3v) is 1.49. The number of aliphatic hydroxyl groups is 2. The predicted molar refractivity (Wildman–Crippen MR) is 50.8 cm³/mol. The summed E-state index contributed by atoms with van der Waals surface area (Å²) < 4.78 is 0. The van der Waals surface area contributed by atoms with Gasteiger partial charge in [0.05, 0.1) is 12.2 Å². The van der Waals surface area contributed by atoms with Gasteiger partial charge in [0.25, 0.3) is 0 Å². The summed E-state index contributed by atoms with van der Waals surface area (Å²) in [5, 5.41) is 18.5. The van der Waals surface area contributed by atoms with Crippen molar-refractivity contribution in [3.05, 3.63) is 36.5 Å². The molecule has 0 aliphatic rings. The maximum absolute atomic E-state index is 9.23. The van der Waals surface area contributed by atoms with Crippen molar-refractivity contribution >= 4 is 0 Å². The summed E-state index contributed by atoms with van der Waals surface area (Å²) in [4.78, 5) is 0. The molecule has 2 atom stereocenters. The number of hydrogen-bond acceptors (Lipinski definition) is 2. The summed E-state index contributed by atoms with van der Waals surface area (Å²) in [6.45, 7) is 10.6. The van der Waals surface area contributed by atoms with Crippen LogP contribution in [0.4, 0.5) is 0 Å². The van der Waals surface area contributed by atoms with Crippen molar-refractivity contribution in [3.8, 4) is 0 Å². The van der Waals surface area contributed by atoms with Crippen LogP contribution in [0, 0.1) is 0 Å². The first-order valence-electron chi connectivity index (χ1n) is 3.80. The zero-order valence-corrected chi connectivity index (χ0v) is 7.62. The Labute approximate surface area is 73.5 Å². The second-order valence-electron chi connectivity index (χ2n) is 2.97. The number of rotatable bonds is 4. The van der Waals surface area contributed by atoms with Crippen molar-refractivity contribution in [3.63, 3.8) is 0 Å². The smallest absolute Gasteiger partial charge is 0.0927 e. The van der Waals surface area contributed by atoms with Gasteiger partial charge in [-0.2, -0.15) is 0 Å². The Hall–Kier alpha value is -0.860.